The minimum absolute atomic E-state index is 0.0755. The second kappa shape index (κ2) is 11.3. The molecule has 0 spiro atoms. The molecule has 0 aromatic heterocycles. The molecule has 4 N–H and O–H groups in total. The number of rotatable bonds is 6. The fraction of sp³-hybridized carbons (Fsp3) is 0.625. The first-order chi connectivity index (χ1) is 14.8. The molecule has 2 aliphatic rings. The smallest absolute Gasteiger partial charge is 0.325 e. The van der Waals surface area contributed by atoms with E-state index in [1.54, 1.807) is 0 Å². The van der Waals surface area contributed by atoms with Gasteiger partial charge >= 0.3 is 7.60 Å². The Morgan fingerprint density at radius 2 is 1.68 bits per heavy atom. The average molecular weight is 447 g/mol. The monoisotopic (exact) mass is 446 g/mol. The van der Waals surface area contributed by atoms with Gasteiger partial charge in [-0.05, 0) is 62.5 Å². The quantitative estimate of drug-likeness (QED) is 0.454. The van der Waals surface area contributed by atoms with E-state index in [2.05, 4.69) is 17.2 Å². The van der Waals surface area contributed by atoms with E-state index in [0.29, 0.717) is 24.9 Å². The van der Waals surface area contributed by atoms with Gasteiger partial charge in [0.05, 0.1) is 6.10 Å². The van der Waals surface area contributed by atoms with Crippen LogP contribution in [0.25, 0.3) is 0 Å². The first-order valence-corrected chi connectivity index (χ1v) is 13.4. The Bertz CT molecular complexity index is 841. The molecule has 170 valence electrons. The second-order valence-corrected chi connectivity index (χ2v) is 10.8. The van der Waals surface area contributed by atoms with E-state index in [4.69, 9.17) is 10.3 Å². The maximum Gasteiger partial charge on any atom is 0.325 e. The minimum atomic E-state index is -3.41. The number of carbonyl (C=O) groups is 1. The summed E-state index contributed by atoms with van der Waals surface area (Å²) < 4.78 is 16.6. The van der Waals surface area contributed by atoms with Crippen LogP contribution >= 0.6 is 7.60 Å². The number of nitrogens with two attached hydrogens (primary N) is 1. The van der Waals surface area contributed by atoms with Crippen LogP contribution < -0.4 is 11.1 Å². The second-order valence-electron chi connectivity index (χ2n) is 8.96. The first-order valence-electron chi connectivity index (χ1n) is 11.4. The van der Waals surface area contributed by atoms with Crippen LogP contribution in [0.2, 0.25) is 0 Å². The van der Waals surface area contributed by atoms with Crippen molar-refractivity contribution in [3.8, 4) is 11.8 Å². The molecule has 0 saturated heterocycles. The summed E-state index contributed by atoms with van der Waals surface area (Å²) >= 11 is 0. The SMILES string of the molecule is CP(=O)(O)O[C@H]1CC[C@@H](C#C[C@H]2CC[C@@H](C(=O)NCc3cccc(CN)c3)CC2)CC1. The summed E-state index contributed by atoms with van der Waals surface area (Å²) in [6, 6.07) is 8.01. The molecule has 1 unspecified atom stereocenters. The molecule has 0 bridgehead atoms. The molecule has 7 heteroatoms. The Morgan fingerprint density at radius 1 is 1.10 bits per heavy atom. The number of hydrogen-bond acceptors (Lipinski definition) is 4. The zero-order valence-corrected chi connectivity index (χ0v) is 19.3. The molecule has 2 saturated carbocycles. The van der Waals surface area contributed by atoms with Crippen molar-refractivity contribution in [2.24, 2.45) is 23.5 Å². The van der Waals surface area contributed by atoms with Gasteiger partial charge in [0.1, 0.15) is 0 Å². The van der Waals surface area contributed by atoms with E-state index >= 15 is 0 Å². The standard InChI is InChI=1S/C24H35N2O4P/c1-31(28,29)30-23-13-9-19(10-14-23)6-5-18-7-11-22(12-8-18)24(27)26-17-21-4-2-3-20(15-21)16-25/h2-4,15,18-19,22-23H,7-14,16-17,25H2,1H3,(H,26,27)(H,28,29)/t18-,19-,22+,23+. The Balaban J connectivity index is 1.37. The van der Waals surface area contributed by atoms with Crippen molar-refractivity contribution in [1.82, 2.24) is 5.32 Å². The van der Waals surface area contributed by atoms with Crippen LogP contribution in [0.1, 0.15) is 62.5 Å². The van der Waals surface area contributed by atoms with Gasteiger partial charge in [0.15, 0.2) is 0 Å². The lowest BCUT2D eigenvalue weighted by Gasteiger charge is -2.27. The summed E-state index contributed by atoms with van der Waals surface area (Å²) in [7, 11) is -3.41. The molecule has 1 aromatic carbocycles. The van der Waals surface area contributed by atoms with Crippen LogP contribution in [0, 0.1) is 29.6 Å². The van der Waals surface area contributed by atoms with Gasteiger partial charge in [-0.3, -0.25) is 9.36 Å². The summed E-state index contributed by atoms with van der Waals surface area (Å²) in [6.07, 6.45) is 7.00. The van der Waals surface area contributed by atoms with Crippen molar-refractivity contribution >= 4 is 13.5 Å². The van der Waals surface area contributed by atoms with Crippen LogP contribution in [-0.2, 0) is 27.0 Å². The van der Waals surface area contributed by atoms with Crippen LogP contribution in [-0.4, -0.2) is 23.6 Å². The lowest BCUT2D eigenvalue weighted by Crippen LogP contribution is -2.32. The lowest BCUT2D eigenvalue weighted by molar-refractivity contribution is -0.126. The number of carbonyl (C=O) groups excluding carboxylic acids is 1. The highest BCUT2D eigenvalue weighted by atomic mass is 31.2. The van der Waals surface area contributed by atoms with Gasteiger partial charge in [-0.15, -0.1) is 0 Å². The summed E-state index contributed by atoms with van der Waals surface area (Å²) in [4.78, 5) is 21.9. The maximum atomic E-state index is 12.5. The Kier molecular flexibility index (Phi) is 8.75. The van der Waals surface area contributed by atoms with Crippen molar-refractivity contribution in [3.63, 3.8) is 0 Å². The van der Waals surface area contributed by atoms with E-state index in [1.165, 1.54) is 6.66 Å². The molecule has 1 amide bonds. The van der Waals surface area contributed by atoms with Crippen molar-refractivity contribution in [1.29, 1.82) is 0 Å². The van der Waals surface area contributed by atoms with Crippen LogP contribution in [0.5, 0.6) is 0 Å². The maximum absolute atomic E-state index is 12.5. The Morgan fingerprint density at radius 3 is 2.26 bits per heavy atom. The largest absolute Gasteiger partial charge is 0.352 e. The van der Waals surface area contributed by atoms with Gasteiger partial charge in [-0.25, -0.2) is 0 Å². The average Bonchev–Trinajstić information content (AvgIpc) is 2.76. The zero-order chi connectivity index (χ0) is 22.3. The highest BCUT2D eigenvalue weighted by molar-refractivity contribution is 7.51. The fourth-order valence-electron chi connectivity index (χ4n) is 4.52. The van der Waals surface area contributed by atoms with Crippen LogP contribution in [0.3, 0.4) is 0 Å². The predicted molar refractivity (Wildman–Crippen MR) is 122 cm³/mol. The number of hydrogen-bond donors (Lipinski definition) is 3. The molecule has 31 heavy (non-hydrogen) atoms. The topological polar surface area (TPSA) is 102 Å². The number of amides is 1. The first kappa shape index (κ1) is 24.0. The highest BCUT2D eigenvalue weighted by Crippen LogP contribution is 2.42. The summed E-state index contributed by atoms with van der Waals surface area (Å²) in [5, 5.41) is 3.07. The molecular weight excluding hydrogens is 411 g/mol. The number of benzene rings is 1. The molecule has 6 nitrogen and oxygen atoms in total. The van der Waals surface area contributed by atoms with Crippen molar-refractivity contribution < 1.29 is 18.8 Å². The van der Waals surface area contributed by atoms with Crippen LogP contribution in [0.4, 0.5) is 0 Å². The summed E-state index contributed by atoms with van der Waals surface area (Å²) in [6.45, 7) is 2.29. The van der Waals surface area contributed by atoms with E-state index in [9.17, 15) is 14.3 Å². The fourth-order valence-corrected chi connectivity index (χ4v) is 5.29. The van der Waals surface area contributed by atoms with Gasteiger partial charge in [-0.2, -0.15) is 0 Å². The molecule has 1 atom stereocenters. The lowest BCUT2D eigenvalue weighted by atomic mass is 9.81. The van der Waals surface area contributed by atoms with Gasteiger partial charge < -0.3 is 20.5 Å². The Hall–Kier alpha value is -1.64. The molecule has 0 heterocycles. The van der Waals surface area contributed by atoms with Crippen LogP contribution in [0.15, 0.2) is 24.3 Å². The molecular formula is C24H35N2O4P. The Labute approximate surface area is 185 Å². The molecule has 2 aliphatic carbocycles. The molecule has 3 rings (SSSR count). The molecule has 1 aromatic rings. The summed E-state index contributed by atoms with van der Waals surface area (Å²) in [5.41, 5.74) is 7.84. The van der Waals surface area contributed by atoms with Gasteiger partial charge in [0, 0.05) is 37.5 Å². The normalized spacial score (nSPS) is 28.1. The summed E-state index contributed by atoms with van der Waals surface area (Å²) in [5.74, 6) is 7.80. The third kappa shape index (κ3) is 8.09. The van der Waals surface area contributed by atoms with E-state index in [1.807, 2.05) is 24.3 Å². The molecule has 0 radical (unpaired) electrons. The van der Waals surface area contributed by atoms with E-state index in [0.717, 1.165) is 62.5 Å². The van der Waals surface area contributed by atoms with Gasteiger partial charge in [0.2, 0.25) is 5.91 Å². The minimum Gasteiger partial charge on any atom is -0.352 e. The number of nitrogens with one attached hydrogen (secondary N) is 1. The van der Waals surface area contributed by atoms with Gasteiger partial charge in [0.25, 0.3) is 0 Å². The van der Waals surface area contributed by atoms with Crippen molar-refractivity contribution in [2.75, 3.05) is 6.66 Å². The third-order valence-electron chi connectivity index (χ3n) is 6.30. The van der Waals surface area contributed by atoms with E-state index < -0.39 is 7.60 Å². The highest BCUT2D eigenvalue weighted by Gasteiger charge is 2.27. The zero-order valence-electron chi connectivity index (χ0n) is 18.4. The van der Waals surface area contributed by atoms with Crippen molar-refractivity contribution in [3.05, 3.63) is 35.4 Å². The van der Waals surface area contributed by atoms with Gasteiger partial charge in [-0.1, -0.05) is 36.1 Å². The van der Waals surface area contributed by atoms with E-state index in [-0.39, 0.29) is 17.9 Å². The van der Waals surface area contributed by atoms with Crippen molar-refractivity contribution in [2.45, 2.75) is 70.6 Å². The third-order valence-corrected chi connectivity index (χ3v) is 6.99. The predicted octanol–water partition coefficient (Wildman–Crippen LogP) is 3.96. The molecule has 0 aliphatic heterocycles. The molecule has 2 fully saturated rings.